The molecule has 5 rings (SSSR count). The molecule has 0 saturated carbocycles. The first-order valence-electron chi connectivity index (χ1n) is 11.0. The molecule has 2 heterocycles. The molecule has 0 radical (unpaired) electrons. The average molecular weight is 426 g/mol. The first-order chi connectivity index (χ1) is 15.5. The maximum atomic E-state index is 9.27. The third kappa shape index (κ3) is 3.80. The van der Waals surface area contributed by atoms with E-state index in [0.717, 1.165) is 24.2 Å². The average Bonchev–Trinajstić information content (AvgIpc) is 3.41. The van der Waals surface area contributed by atoms with Gasteiger partial charge < -0.3 is 14.5 Å². The van der Waals surface area contributed by atoms with Crippen molar-refractivity contribution < 1.29 is 9.63 Å². The van der Waals surface area contributed by atoms with Crippen LogP contribution >= 0.6 is 0 Å². The van der Waals surface area contributed by atoms with Gasteiger partial charge in [0.05, 0.1) is 12.5 Å². The minimum Gasteiger partial charge on any atom is -0.392 e. The Morgan fingerprint density at radius 3 is 2.47 bits per heavy atom. The second kappa shape index (κ2) is 8.24. The second-order valence-corrected chi connectivity index (χ2v) is 8.73. The van der Waals surface area contributed by atoms with Crippen LogP contribution in [0.25, 0.3) is 11.4 Å². The molecular weight excluding hydrogens is 398 g/mol. The van der Waals surface area contributed by atoms with Crippen molar-refractivity contribution in [2.24, 2.45) is 0 Å². The maximum Gasteiger partial charge on any atom is 0.236 e. The molecule has 5 nitrogen and oxygen atoms in total. The second-order valence-electron chi connectivity index (χ2n) is 8.73. The zero-order valence-corrected chi connectivity index (χ0v) is 18.7. The Morgan fingerprint density at radius 1 is 0.938 bits per heavy atom. The van der Waals surface area contributed by atoms with Gasteiger partial charge in [0.2, 0.25) is 11.7 Å². The zero-order valence-electron chi connectivity index (χ0n) is 18.7. The largest absolute Gasteiger partial charge is 0.392 e. The van der Waals surface area contributed by atoms with E-state index in [-0.39, 0.29) is 12.5 Å². The van der Waals surface area contributed by atoms with E-state index in [4.69, 9.17) is 9.51 Å². The van der Waals surface area contributed by atoms with E-state index in [1.807, 2.05) is 24.3 Å². The third-order valence-corrected chi connectivity index (χ3v) is 6.38. The lowest BCUT2D eigenvalue weighted by atomic mass is 9.99. The molecule has 0 fully saturated rings. The summed E-state index contributed by atoms with van der Waals surface area (Å²) in [5.41, 5.74) is 9.36. The van der Waals surface area contributed by atoms with E-state index in [0.29, 0.717) is 11.7 Å². The van der Waals surface area contributed by atoms with Gasteiger partial charge in [0.1, 0.15) is 0 Å². The fourth-order valence-corrected chi connectivity index (χ4v) is 4.39. The molecule has 0 aliphatic carbocycles. The Kier molecular flexibility index (Phi) is 5.27. The molecule has 162 valence electrons. The van der Waals surface area contributed by atoms with Crippen LogP contribution in [-0.2, 0) is 13.2 Å². The summed E-state index contributed by atoms with van der Waals surface area (Å²) in [6, 6.07) is 20.9. The number of anilines is 1. The number of aryl methyl sites for hydroxylation is 3. The minimum atomic E-state index is 0.0202. The van der Waals surface area contributed by atoms with Crippen molar-refractivity contribution in [3.8, 4) is 11.4 Å². The van der Waals surface area contributed by atoms with Crippen molar-refractivity contribution in [2.75, 3.05) is 11.4 Å². The molecule has 1 N–H and O–H groups in total. The number of rotatable bonds is 5. The molecule has 1 unspecified atom stereocenters. The lowest BCUT2D eigenvalue weighted by Crippen LogP contribution is -2.21. The van der Waals surface area contributed by atoms with Gasteiger partial charge in [-0.2, -0.15) is 4.98 Å². The molecule has 32 heavy (non-hydrogen) atoms. The van der Waals surface area contributed by atoms with Gasteiger partial charge in [-0.15, -0.1) is 0 Å². The van der Waals surface area contributed by atoms with Crippen LogP contribution in [0.3, 0.4) is 0 Å². The maximum absolute atomic E-state index is 9.27. The number of hydrogen-bond acceptors (Lipinski definition) is 5. The molecule has 1 atom stereocenters. The van der Waals surface area contributed by atoms with Crippen LogP contribution in [0, 0.1) is 20.8 Å². The van der Waals surface area contributed by atoms with Gasteiger partial charge >= 0.3 is 0 Å². The summed E-state index contributed by atoms with van der Waals surface area (Å²) >= 11 is 0. The van der Waals surface area contributed by atoms with Crippen LogP contribution in [0.5, 0.6) is 0 Å². The summed E-state index contributed by atoms with van der Waals surface area (Å²) < 4.78 is 5.75. The quantitative estimate of drug-likeness (QED) is 0.470. The molecule has 0 saturated heterocycles. The van der Waals surface area contributed by atoms with Crippen molar-refractivity contribution in [2.45, 2.75) is 39.8 Å². The molecule has 1 aliphatic heterocycles. The fourth-order valence-electron chi connectivity index (χ4n) is 4.39. The van der Waals surface area contributed by atoms with E-state index < -0.39 is 0 Å². The number of aliphatic hydroxyl groups excluding tert-OH is 1. The lowest BCUT2D eigenvalue weighted by Gasteiger charge is -2.20. The van der Waals surface area contributed by atoms with E-state index >= 15 is 0 Å². The molecule has 0 spiro atoms. The molecule has 4 aromatic rings. The number of aromatic nitrogens is 2. The third-order valence-electron chi connectivity index (χ3n) is 6.38. The highest BCUT2D eigenvalue weighted by Crippen LogP contribution is 2.41. The van der Waals surface area contributed by atoms with Gasteiger partial charge in [-0.1, -0.05) is 65.3 Å². The summed E-state index contributed by atoms with van der Waals surface area (Å²) in [5.74, 6) is 1.25. The Labute approximate surface area is 188 Å². The molecule has 0 amide bonds. The van der Waals surface area contributed by atoms with Gasteiger partial charge in [0.25, 0.3) is 0 Å². The smallest absolute Gasteiger partial charge is 0.236 e. The van der Waals surface area contributed by atoms with Gasteiger partial charge in [-0.3, -0.25) is 0 Å². The van der Waals surface area contributed by atoms with Gasteiger partial charge in [-0.25, -0.2) is 0 Å². The van der Waals surface area contributed by atoms with E-state index in [1.54, 1.807) is 0 Å². The van der Waals surface area contributed by atoms with Crippen LogP contribution in [0.4, 0.5) is 5.69 Å². The first kappa shape index (κ1) is 20.5. The standard InChI is InChI=1S/C27H27N3O2/c1-17-4-11-25-23(12-17)24(15-30(25)14-21-6-5-18(2)19(3)13-21)27-28-26(29-32-27)22-9-7-20(16-31)8-10-22/h4-13,24,31H,14-16H2,1-3H3. The summed E-state index contributed by atoms with van der Waals surface area (Å²) in [5, 5.41) is 13.5. The first-order valence-corrected chi connectivity index (χ1v) is 11.0. The Balaban J connectivity index is 1.45. The van der Waals surface area contributed by atoms with Crippen molar-refractivity contribution in [1.82, 2.24) is 10.1 Å². The van der Waals surface area contributed by atoms with Gasteiger partial charge in [-0.05, 0) is 54.7 Å². The van der Waals surface area contributed by atoms with Crippen LogP contribution in [-0.4, -0.2) is 21.8 Å². The van der Waals surface area contributed by atoms with Gasteiger partial charge in [0.15, 0.2) is 0 Å². The number of fused-ring (bicyclic) bond motifs is 1. The van der Waals surface area contributed by atoms with Gasteiger partial charge in [0, 0.05) is 24.3 Å². The van der Waals surface area contributed by atoms with Crippen molar-refractivity contribution in [1.29, 1.82) is 0 Å². The SMILES string of the molecule is Cc1ccc2c(c1)C(c1nc(-c3ccc(CO)cc3)no1)CN2Cc1ccc(C)c(C)c1. The van der Waals surface area contributed by atoms with Crippen LogP contribution in [0.1, 0.15) is 45.2 Å². The topological polar surface area (TPSA) is 62.4 Å². The highest BCUT2D eigenvalue weighted by Gasteiger charge is 2.34. The number of benzene rings is 3. The monoisotopic (exact) mass is 425 g/mol. The summed E-state index contributed by atoms with van der Waals surface area (Å²) in [4.78, 5) is 7.15. The summed E-state index contributed by atoms with van der Waals surface area (Å²) in [6.45, 7) is 8.09. The Bertz CT molecular complexity index is 1260. The van der Waals surface area contributed by atoms with E-state index in [9.17, 15) is 5.11 Å². The highest BCUT2D eigenvalue weighted by atomic mass is 16.5. The predicted octanol–water partition coefficient (Wildman–Crippen LogP) is 5.31. The molecule has 3 aromatic carbocycles. The van der Waals surface area contributed by atoms with Crippen molar-refractivity contribution in [3.05, 3.63) is 99.9 Å². The fraction of sp³-hybridized carbons (Fsp3) is 0.259. The molecule has 5 heteroatoms. The number of hydrogen-bond donors (Lipinski definition) is 1. The van der Waals surface area contributed by atoms with Crippen LogP contribution in [0.15, 0.2) is 65.2 Å². The highest BCUT2D eigenvalue weighted by molar-refractivity contribution is 5.63. The predicted molar refractivity (Wildman–Crippen MR) is 126 cm³/mol. The molecule has 1 aromatic heterocycles. The summed E-state index contributed by atoms with van der Waals surface area (Å²) in [6.07, 6.45) is 0. The molecule has 0 bridgehead atoms. The number of nitrogens with zero attached hydrogens (tertiary/aromatic N) is 3. The lowest BCUT2D eigenvalue weighted by molar-refractivity contribution is 0.282. The molecule has 1 aliphatic rings. The van der Waals surface area contributed by atoms with Crippen LogP contribution < -0.4 is 4.90 Å². The van der Waals surface area contributed by atoms with Crippen LogP contribution in [0.2, 0.25) is 0 Å². The Hall–Kier alpha value is -3.44. The van der Waals surface area contributed by atoms with E-state index in [2.05, 4.69) is 67.2 Å². The normalized spacial score (nSPS) is 15.2. The minimum absolute atomic E-state index is 0.0202. The summed E-state index contributed by atoms with van der Waals surface area (Å²) in [7, 11) is 0. The van der Waals surface area contributed by atoms with E-state index in [1.165, 1.54) is 33.5 Å². The zero-order chi connectivity index (χ0) is 22.2. The van der Waals surface area contributed by atoms with Crippen molar-refractivity contribution in [3.63, 3.8) is 0 Å². The van der Waals surface area contributed by atoms with Crippen molar-refractivity contribution >= 4 is 5.69 Å². The number of aliphatic hydroxyl groups is 1. The Morgan fingerprint density at radius 2 is 1.72 bits per heavy atom. The molecular formula is C27H27N3O2.